The monoisotopic (exact) mass is 505 g/mol. The maximum Gasteiger partial charge on any atom is 0.416 e. The molecule has 0 aliphatic carbocycles. The minimum Gasteiger partial charge on any atom is -0.326 e. The number of nitrogens with zero attached hydrogens (tertiary/aromatic N) is 1. The molecule has 1 heterocycles. The predicted octanol–water partition coefficient (Wildman–Crippen LogP) is 5.20. The van der Waals surface area contributed by atoms with E-state index in [1.165, 1.54) is 0 Å². The fraction of sp³-hybridized carbons (Fsp3) is 0.160. The van der Waals surface area contributed by atoms with Gasteiger partial charge in [0, 0.05) is 11.1 Å². The second kappa shape index (κ2) is 9.48. The van der Waals surface area contributed by atoms with Gasteiger partial charge in [0.1, 0.15) is 0 Å². The largest absolute Gasteiger partial charge is 0.416 e. The van der Waals surface area contributed by atoms with Crippen molar-refractivity contribution in [1.82, 2.24) is 5.32 Å². The highest BCUT2D eigenvalue weighted by molar-refractivity contribution is 6.19. The van der Waals surface area contributed by atoms with Crippen LogP contribution < -0.4 is 10.6 Å². The number of fused-ring (bicyclic) bond motifs is 1. The molecule has 0 spiro atoms. The van der Waals surface area contributed by atoms with Crippen LogP contribution >= 0.6 is 0 Å². The zero-order valence-electron chi connectivity index (χ0n) is 18.2. The molecule has 1 aliphatic rings. The molecule has 2 amide bonds. The molecule has 4 rings (SSSR count). The summed E-state index contributed by atoms with van der Waals surface area (Å²) in [6, 6.07) is 16.5. The Morgan fingerprint density at radius 1 is 0.889 bits per heavy atom. The highest BCUT2D eigenvalue weighted by atomic mass is 19.4. The van der Waals surface area contributed by atoms with Gasteiger partial charge in [-0.1, -0.05) is 54.6 Å². The van der Waals surface area contributed by atoms with Crippen molar-refractivity contribution in [3.8, 4) is 0 Å². The zero-order chi connectivity index (χ0) is 26.1. The van der Waals surface area contributed by atoms with Gasteiger partial charge in [-0.15, -0.1) is 0 Å². The van der Waals surface area contributed by atoms with Crippen LogP contribution in [0.2, 0.25) is 0 Å². The van der Waals surface area contributed by atoms with Crippen LogP contribution in [0.1, 0.15) is 27.8 Å². The number of carbonyl (C=O) groups is 2. The number of nitrogens with one attached hydrogen (secondary N) is 2. The summed E-state index contributed by atoms with van der Waals surface area (Å²) in [5.74, 6) is -1.76. The first-order valence-electron chi connectivity index (χ1n) is 10.5. The van der Waals surface area contributed by atoms with E-state index in [-0.39, 0.29) is 6.07 Å². The first-order chi connectivity index (χ1) is 16.9. The molecular formula is C25H17F6N3O2. The van der Waals surface area contributed by atoms with Crippen LogP contribution in [0.4, 0.5) is 32.0 Å². The van der Waals surface area contributed by atoms with Crippen LogP contribution in [0.3, 0.4) is 0 Å². The van der Waals surface area contributed by atoms with Crippen molar-refractivity contribution in [2.24, 2.45) is 4.99 Å². The van der Waals surface area contributed by atoms with Crippen LogP contribution in [0, 0.1) is 0 Å². The van der Waals surface area contributed by atoms with E-state index in [0.29, 0.717) is 34.7 Å². The fourth-order valence-electron chi connectivity index (χ4n) is 3.73. The third-order valence-corrected chi connectivity index (χ3v) is 5.39. The molecule has 1 unspecified atom stereocenters. The van der Waals surface area contributed by atoms with E-state index in [1.807, 2.05) is 0 Å². The highest BCUT2D eigenvalue weighted by Gasteiger charge is 2.38. The van der Waals surface area contributed by atoms with Gasteiger partial charge < -0.3 is 10.6 Å². The molecule has 1 aliphatic heterocycles. The first-order valence-corrected chi connectivity index (χ1v) is 10.5. The summed E-state index contributed by atoms with van der Waals surface area (Å²) in [6.07, 6.45) is -12.5. The molecule has 1 atom stereocenters. The van der Waals surface area contributed by atoms with Crippen molar-refractivity contribution in [1.29, 1.82) is 0 Å². The lowest BCUT2D eigenvalue weighted by atomic mass is 10.00. The van der Waals surface area contributed by atoms with Crippen LogP contribution in [0.25, 0.3) is 0 Å². The zero-order valence-corrected chi connectivity index (χ0v) is 18.2. The van der Waals surface area contributed by atoms with Gasteiger partial charge in [0.05, 0.1) is 28.9 Å². The van der Waals surface area contributed by atoms with Crippen molar-refractivity contribution >= 4 is 23.2 Å². The van der Waals surface area contributed by atoms with Gasteiger partial charge in [-0.05, 0) is 23.8 Å². The third-order valence-electron chi connectivity index (χ3n) is 5.39. The smallest absolute Gasteiger partial charge is 0.326 e. The second-order valence-electron chi connectivity index (χ2n) is 7.89. The van der Waals surface area contributed by atoms with Crippen LogP contribution in [0.15, 0.2) is 77.8 Å². The summed E-state index contributed by atoms with van der Waals surface area (Å²) in [7, 11) is 0. The number of halogens is 6. The number of benzodiazepines with no additional fused rings is 1. The number of rotatable bonds is 4. The minimum atomic E-state index is -5.13. The average molecular weight is 505 g/mol. The first kappa shape index (κ1) is 25.0. The average Bonchev–Trinajstić information content (AvgIpc) is 2.94. The van der Waals surface area contributed by atoms with E-state index in [9.17, 15) is 35.9 Å². The van der Waals surface area contributed by atoms with E-state index in [2.05, 4.69) is 15.6 Å². The molecular weight excluding hydrogens is 488 g/mol. The van der Waals surface area contributed by atoms with Crippen molar-refractivity contribution in [2.45, 2.75) is 24.9 Å². The van der Waals surface area contributed by atoms with Crippen LogP contribution in [0.5, 0.6) is 0 Å². The van der Waals surface area contributed by atoms with Gasteiger partial charge in [0.15, 0.2) is 0 Å². The molecule has 3 aromatic carbocycles. The Kier molecular flexibility index (Phi) is 6.57. The fourth-order valence-corrected chi connectivity index (χ4v) is 3.73. The molecule has 0 radical (unpaired) electrons. The lowest BCUT2D eigenvalue weighted by Crippen LogP contribution is -2.43. The van der Waals surface area contributed by atoms with Crippen LogP contribution in [-0.4, -0.2) is 23.7 Å². The molecule has 36 heavy (non-hydrogen) atoms. The Morgan fingerprint density at radius 2 is 1.56 bits per heavy atom. The van der Waals surface area contributed by atoms with Crippen LogP contribution in [-0.2, 0) is 28.4 Å². The van der Waals surface area contributed by atoms with Crippen molar-refractivity contribution in [2.75, 3.05) is 5.32 Å². The molecule has 0 saturated heterocycles. The Bertz CT molecular complexity index is 1330. The minimum absolute atomic E-state index is 0.0384. The number of amides is 2. The van der Waals surface area contributed by atoms with Crippen molar-refractivity contribution in [3.63, 3.8) is 0 Å². The quantitative estimate of drug-likeness (QED) is 0.479. The SMILES string of the molecule is O=C(Cc1ccc(C(F)(F)F)cc1C(F)(F)F)NC1N=C(c2ccccc2)c2ccccc2NC1=O. The van der Waals surface area contributed by atoms with Gasteiger partial charge in [0.2, 0.25) is 12.1 Å². The Hall–Kier alpha value is -4.15. The molecule has 3 aromatic rings. The number of hydrogen-bond acceptors (Lipinski definition) is 3. The number of aliphatic imine (C=N–C) groups is 1. The topological polar surface area (TPSA) is 70.6 Å². The Morgan fingerprint density at radius 3 is 2.22 bits per heavy atom. The molecule has 5 nitrogen and oxygen atoms in total. The number of carbonyl (C=O) groups excluding carboxylic acids is 2. The summed E-state index contributed by atoms with van der Waals surface area (Å²) in [6.45, 7) is 0. The van der Waals surface area contributed by atoms with E-state index in [4.69, 9.17) is 0 Å². The number of benzene rings is 3. The number of alkyl halides is 6. The standard InChI is InChI=1S/C25H17F6N3O2/c26-24(27,28)16-11-10-15(18(13-16)25(29,30)31)12-20(35)33-22-23(36)32-19-9-5-4-8-17(19)21(34-22)14-6-2-1-3-7-14/h1-11,13,22H,12H2,(H,32,36)(H,33,35). The molecule has 0 aromatic heterocycles. The summed E-state index contributed by atoms with van der Waals surface area (Å²) in [4.78, 5) is 29.8. The second-order valence-corrected chi connectivity index (χ2v) is 7.89. The van der Waals surface area contributed by atoms with Crippen molar-refractivity contribution < 1.29 is 35.9 Å². The molecule has 2 N–H and O–H groups in total. The molecule has 11 heteroatoms. The van der Waals surface area contributed by atoms with Gasteiger partial charge in [-0.3, -0.25) is 9.59 Å². The normalized spacial score (nSPS) is 15.9. The molecule has 186 valence electrons. The van der Waals surface area contributed by atoms with Gasteiger partial charge >= 0.3 is 12.4 Å². The Labute approximate surface area is 200 Å². The molecule has 0 saturated carbocycles. The number of anilines is 1. The maximum atomic E-state index is 13.4. The Balaban J connectivity index is 1.65. The number of para-hydroxylation sites is 1. The lowest BCUT2D eigenvalue weighted by molar-refractivity contribution is -0.143. The summed E-state index contributed by atoms with van der Waals surface area (Å²) in [5.41, 5.74) is -1.77. The third kappa shape index (κ3) is 5.40. The number of hydrogen-bond donors (Lipinski definition) is 2. The van der Waals surface area contributed by atoms with Gasteiger partial charge in [-0.2, -0.15) is 26.3 Å². The van der Waals surface area contributed by atoms with Crippen molar-refractivity contribution in [3.05, 3.63) is 101 Å². The van der Waals surface area contributed by atoms with E-state index in [1.54, 1.807) is 54.6 Å². The van der Waals surface area contributed by atoms with E-state index >= 15 is 0 Å². The van der Waals surface area contributed by atoms with Gasteiger partial charge in [-0.25, -0.2) is 4.99 Å². The summed E-state index contributed by atoms with van der Waals surface area (Å²) < 4.78 is 79.1. The summed E-state index contributed by atoms with van der Waals surface area (Å²) in [5, 5.41) is 4.92. The molecule has 0 fully saturated rings. The predicted molar refractivity (Wildman–Crippen MR) is 119 cm³/mol. The van der Waals surface area contributed by atoms with E-state index < -0.39 is 53.4 Å². The van der Waals surface area contributed by atoms with Gasteiger partial charge in [0.25, 0.3) is 5.91 Å². The highest BCUT2D eigenvalue weighted by Crippen LogP contribution is 2.37. The summed E-state index contributed by atoms with van der Waals surface area (Å²) >= 11 is 0. The lowest BCUT2D eigenvalue weighted by Gasteiger charge is -2.17. The van der Waals surface area contributed by atoms with E-state index in [0.717, 1.165) is 0 Å². The molecule has 0 bridgehead atoms. The maximum absolute atomic E-state index is 13.4.